The van der Waals surface area contributed by atoms with Gasteiger partial charge in [-0.25, -0.2) is 9.78 Å². The molecule has 0 bridgehead atoms. The number of fused-ring (bicyclic) bond motifs is 1. The maximum atomic E-state index is 12.0. The summed E-state index contributed by atoms with van der Waals surface area (Å²) >= 11 is 0. The summed E-state index contributed by atoms with van der Waals surface area (Å²) in [7, 11) is 1.66. The maximum Gasteiger partial charge on any atom is 0.409 e. The summed E-state index contributed by atoms with van der Waals surface area (Å²) in [5.41, 5.74) is 2.02. The smallest absolute Gasteiger partial charge is 0.409 e. The number of benzene rings is 2. The van der Waals surface area contributed by atoms with E-state index in [9.17, 15) is 4.79 Å². The van der Waals surface area contributed by atoms with E-state index in [0.29, 0.717) is 45.3 Å². The van der Waals surface area contributed by atoms with Crippen molar-refractivity contribution in [1.82, 2.24) is 14.9 Å². The van der Waals surface area contributed by atoms with Gasteiger partial charge in [-0.2, -0.15) is 4.98 Å². The van der Waals surface area contributed by atoms with Gasteiger partial charge in [0, 0.05) is 38.1 Å². The average molecular weight is 422 g/mol. The number of methoxy groups -OCH3 is 1. The molecule has 1 aliphatic heterocycles. The fourth-order valence-corrected chi connectivity index (χ4v) is 3.57. The van der Waals surface area contributed by atoms with Gasteiger partial charge in [-0.05, 0) is 36.8 Å². The van der Waals surface area contributed by atoms with Crippen molar-refractivity contribution < 1.29 is 14.3 Å². The normalized spacial score (nSPS) is 13.9. The highest BCUT2D eigenvalue weighted by atomic mass is 16.6. The van der Waals surface area contributed by atoms with Crippen molar-refractivity contribution in [3.8, 4) is 5.75 Å². The SMILES string of the molecule is CCOC(=O)N1CCN(c2nc(NCc3ccc(OC)cc3)c3ccccc3n2)CC1. The number of carbonyl (C=O) groups excluding carboxylic acids is 1. The molecule has 4 rings (SSSR count). The second kappa shape index (κ2) is 9.51. The van der Waals surface area contributed by atoms with Crippen LogP contribution in [0.4, 0.5) is 16.6 Å². The molecule has 0 radical (unpaired) electrons. The number of nitrogens with one attached hydrogen (secondary N) is 1. The third kappa shape index (κ3) is 4.79. The lowest BCUT2D eigenvalue weighted by Crippen LogP contribution is -2.49. The number of rotatable bonds is 6. The second-order valence-electron chi connectivity index (χ2n) is 7.26. The fraction of sp³-hybridized carbons (Fsp3) is 0.348. The topological polar surface area (TPSA) is 79.8 Å². The van der Waals surface area contributed by atoms with Crippen LogP contribution < -0.4 is 15.0 Å². The Morgan fingerprint density at radius 2 is 1.77 bits per heavy atom. The summed E-state index contributed by atoms with van der Waals surface area (Å²) in [5.74, 6) is 2.30. The van der Waals surface area contributed by atoms with Crippen LogP contribution in [0.1, 0.15) is 12.5 Å². The molecule has 0 saturated carbocycles. The minimum atomic E-state index is -0.261. The first-order valence-corrected chi connectivity index (χ1v) is 10.5. The lowest BCUT2D eigenvalue weighted by atomic mass is 10.2. The van der Waals surface area contributed by atoms with Crippen molar-refractivity contribution in [2.75, 3.05) is 50.1 Å². The minimum absolute atomic E-state index is 0.261. The fourth-order valence-electron chi connectivity index (χ4n) is 3.57. The molecule has 2 heterocycles. The van der Waals surface area contributed by atoms with Gasteiger partial charge >= 0.3 is 6.09 Å². The Hall–Kier alpha value is -3.55. The van der Waals surface area contributed by atoms with Gasteiger partial charge < -0.3 is 24.6 Å². The Morgan fingerprint density at radius 3 is 2.48 bits per heavy atom. The van der Waals surface area contributed by atoms with Crippen LogP contribution in [0.15, 0.2) is 48.5 Å². The standard InChI is InChI=1S/C23H27N5O3/c1-3-31-23(29)28-14-12-27(13-15-28)22-25-20-7-5-4-6-19(20)21(26-22)24-16-17-8-10-18(30-2)11-9-17/h4-11H,3,12-16H2,1-2H3,(H,24,25,26). The molecule has 162 valence electrons. The Labute approximate surface area is 181 Å². The van der Waals surface area contributed by atoms with Gasteiger partial charge in [-0.15, -0.1) is 0 Å². The van der Waals surface area contributed by atoms with E-state index in [2.05, 4.69) is 10.2 Å². The van der Waals surface area contributed by atoms with Gasteiger partial charge in [0.2, 0.25) is 5.95 Å². The predicted molar refractivity (Wildman–Crippen MR) is 121 cm³/mol. The summed E-state index contributed by atoms with van der Waals surface area (Å²) in [6, 6.07) is 15.9. The van der Waals surface area contributed by atoms with Gasteiger partial charge in [0.05, 0.1) is 19.2 Å². The number of anilines is 2. The van der Waals surface area contributed by atoms with E-state index < -0.39 is 0 Å². The van der Waals surface area contributed by atoms with Crippen molar-refractivity contribution in [3.05, 3.63) is 54.1 Å². The third-order valence-corrected chi connectivity index (χ3v) is 5.30. The van der Waals surface area contributed by atoms with E-state index in [1.807, 2.05) is 55.5 Å². The van der Waals surface area contributed by atoms with Crippen molar-refractivity contribution in [3.63, 3.8) is 0 Å². The first-order chi connectivity index (χ1) is 15.2. The largest absolute Gasteiger partial charge is 0.497 e. The van der Waals surface area contributed by atoms with Crippen LogP contribution in [0.25, 0.3) is 10.9 Å². The van der Waals surface area contributed by atoms with Gasteiger partial charge in [-0.3, -0.25) is 0 Å². The molecule has 8 nitrogen and oxygen atoms in total. The molecule has 2 aromatic carbocycles. The number of hydrogen-bond donors (Lipinski definition) is 1. The summed E-state index contributed by atoms with van der Waals surface area (Å²) in [5, 5.41) is 4.44. The zero-order valence-electron chi connectivity index (χ0n) is 17.9. The Balaban J connectivity index is 1.52. The van der Waals surface area contributed by atoms with E-state index >= 15 is 0 Å². The molecule has 1 N–H and O–H groups in total. The van der Waals surface area contributed by atoms with E-state index in [1.54, 1.807) is 12.0 Å². The molecule has 0 unspecified atom stereocenters. The van der Waals surface area contributed by atoms with Crippen LogP contribution in [0.2, 0.25) is 0 Å². The minimum Gasteiger partial charge on any atom is -0.497 e. The summed E-state index contributed by atoms with van der Waals surface area (Å²) in [6.45, 7) is 5.34. The quantitative estimate of drug-likeness (QED) is 0.652. The molecular weight excluding hydrogens is 394 g/mol. The van der Waals surface area contributed by atoms with E-state index in [4.69, 9.17) is 19.4 Å². The zero-order valence-corrected chi connectivity index (χ0v) is 17.9. The van der Waals surface area contributed by atoms with Crippen LogP contribution >= 0.6 is 0 Å². The van der Waals surface area contributed by atoms with Crippen LogP contribution in [-0.2, 0) is 11.3 Å². The number of ether oxygens (including phenoxy) is 2. The van der Waals surface area contributed by atoms with Gasteiger partial charge in [0.25, 0.3) is 0 Å². The number of piperazine rings is 1. The average Bonchev–Trinajstić information content (AvgIpc) is 2.83. The molecule has 1 saturated heterocycles. The molecule has 3 aromatic rings. The molecular formula is C23H27N5O3. The van der Waals surface area contributed by atoms with E-state index in [1.165, 1.54) is 0 Å². The lowest BCUT2D eigenvalue weighted by Gasteiger charge is -2.34. The molecule has 0 aliphatic carbocycles. The van der Waals surface area contributed by atoms with Crippen molar-refractivity contribution in [2.24, 2.45) is 0 Å². The van der Waals surface area contributed by atoms with Crippen LogP contribution in [-0.4, -0.2) is 60.9 Å². The predicted octanol–water partition coefficient (Wildman–Crippen LogP) is 3.53. The Kier molecular flexibility index (Phi) is 6.35. The van der Waals surface area contributed by atoms with Crippen LogP contribution in [0.3, 0.4) is 0 Å². The van der Waals surface area contributed by atoms with Crippen molar-refractivity contribution in [1.29, 1.82) is 0 Å². The number of amides is 1. The van der Waals surface area contributed by atoms with Crippen LogP contribution in [0.5, 0.6) is 5.75 Å². The highest BCUT2D eigenvalue weighted by molar-refractivity contribution is 5.90. The van der Waals surface area contributed by atoms with E-state index in [0.717, 1.165) is 28.0 Å². The highest BCUT2D eigenvalue weighted by Crippen LogP contribution is 2.25. The number of aromatic nitrogens is 2. The molecule has 0 spiro atoms. The summed E-state index contributed by atoms with van der Waals surface area (Å²) < 4.78 is 10.3. The molecule has 0 atom stereocenters. The molecule has 8 heteroatoms. The lowest BCUT2D eigenvalue weighted by molar-refractivity contribution is 0.105. The number of carbonyl (C=O) groups is 1. The summed E-state index contributed by atoms with van der Waals surface area (Å²) in [4.78, 5) is 25.4. The first kappa shape index (κ1) is 20.7. The van der Waals surface area contributed by atoms with Crippen molar-refractivity contribution >= 4 is 28.8 Å². The number of para-hydroxylation sites is 1. The van der Waals surface area contributed by atoms with Crippen molar-refractivity contribution in [2.45, 2.75) is 13.5 Å². The molecule has 1 aliphatic rings. The molecule has 1 aromatic heterocycles. The number of hydrogen-bond acceptors (Lipinski definition) is 7. The van der Waals surface area contributed by atoms with Gasteiger partial charge in [0.1, 0.15) is 11.6 Å². The zero-order chi connectivity index (χ0) is 21.6. The van der Waals surface area contributed by atoms with E-state index in [-0.39, 0.29) is 6.09 Å². The maximum absolute atomic E-state index is 12.0. The molecule has 1 fully saturated rings. The third-order valence-electron chi connectivity index (χ3n) is 5.30. The highest BCUT2D eigenvalue weighted by Gasteiger charge is 2.24. The van der Waals surface area contributed by atoms with Gasteiger partial charge in [0.15, 0.2) is 0 Å². The Morgan fingerprint density at radius 1 is 1.03 bits per heavy atom. The first-order valence-electron chi connectivity index (χ1n) is 10.5. The summed E-state index contributed by atoms with van der Waals surface area (Å²) in [6.07, 6.45) is -0.261. The monoisotopic (exact) mass is 421 g/mol. The second-order valence-corrected chi connectivity index (χ2v) is 7.26. The molecule has 1 amide bonds. The number of nitrogens with zero attached hydrogens (tertiary/aromatic N) is 4. The van der Waals surface area contributed by atoms with Crippen LogP contribution in [0, 0.1) is 0 Å². The Bertz CT molecular complexity index is 1030. The molecule has 31 heavy (non-hydrogen) atoms. The van der Waals surface area contributed by atoms with Gasteiger partial charge in [-0.1, -0.05) is 24.3 Å².